The lowest BCUT2D eigenvalue weighted by atomic mass is 9.94. The van der Waals surface area contributed by atoms with E-state index in [1.165, 1.54) is 17.7 Å². The fraction of sp³-hybridized carbons (Fsp3) is 0.286. The van der Waals surface area contributed by atoms with Crippen LogP contribution in [0, 0.1) is 0 Å². The number of benzene rings is 2. The van der Waals surface area contributed by atoms with E-state index < -0.39 is 11.8 Å². The van der Waals surface area contributed by atoms with Crippen molar-refractivity contribution in [3.63, 3.8) is 0 Å². The van der Waals surface area contributed by atoms with Crippen LogP contribution in [-0.4, -0.2) is 28.0 Å². The van der Waals surface area contributed by atoms with Gasteiger partial charge in [-0.15, -0.1) is 0 Å². The fourth-order valence-electron chi connectivity index (χ4n) is 3.54. The average molecular weight is 387 g/mol. The van der Waals surface area contributed by atoms with E-state index in [1.807, 2.05) is 12.3 Å². The summed E-state index contributed by atoms with van der Waals surface area (Å²) < 4.78 is 38.9. The summed E-state index contributed by atoms with van der Waals surface area (Å²) in [4.78, 5) is 2.21. The predicted octanol–water partition coefficient (Wildman–Crippen LogP) is 4.41. The molecule has 0 aliphatic carbocycles. The number of hydrogen-bond acceptors (Lipinski definition) is 3. The number of nitrogens with one attached hydrogen (secondary N) is 1. The first-order chi connectivity index (χ1) is 13.3. The third-order valence-corrected chi connectivity index (χ3v) is 5.34. The van der Waals surface area contributed by atoms with Gasteiger partial charge >= 0.3 is 6.18 Å². The van der Waals surface area contributed by atoms with Crippen LogP contribution in [0.3, 0.4) is 0 Å². The minimum Gasteiger partial charge on any atom is -0.376 e. The molecule has 0 saturated heterocycles. The van der Waals surface area contributed by atoms with Crippen LogP contribution in [0.25, 0.3) is 11.1 Å². The van der Waals surface area contributed by atoms with E-state index in [1.54, 1.807) is 18.3 Å². The molecule has 2 aromatic carbocycles. The SMILES string of the molecule is CC(O)(c1ccc(CN2CCc3cc(-c4cn[nH]c4)ccc32)cc1)C(F)(F)F. The van der Waals surface area contributed by atoms with Gasteiger partial charge in [0.25, 0.3) is 0 Å². The van der Waals surface area contributed by atoms with E-state index in [-0.39, 0.29) is 5.56 Å². The van der Waals surface area contributed by atoms with Gasteiger partial charge in [-0.1, -0.05) is 30.3 Å². The molecule has 0 bridgehead atoms. The molecule has 1 atom stereocenters. The highest BCUT2D eigenvalue weighted by atomic mass is 19.4. The van der Waals surface area contributed by atoms with Crippen LogP contribution in [0.5, 0.6) is 0 Å². The van der Waals surface area contributed by atoms with Crippen molar-refractivity contribution in [3.05, 3.63) is 71.5 Å². The standard InChI is InChI=1S/C21H20F3N3O/c1-20(28,21(22,23)24)18-5-2-14(3-6-18)13-27-9-8-16-10-15(4-7-19(16)27)17-11-25-26-12-17/h2-7,10-12,28H,8-9,13H2,1H3,(H,25,26). The first-order valence-corrected chi connectivity index (χ1v) is 9.01. The molecule has 4 rings (SSSR count). The molecule has 1 aliphatic heterocycles. The summed E-state index contributed by atoms with van der Waals surface area (Å²) in [5.74, 6) is 0. The van der Waals surface area contributed by atoms with E-state index in [0.29, 0.717) is 6.54 Å². The molecule has 0 fully saturated rings. The second kappa shape index (κ2) is 6.67. The van der Waals surface area contributed by atoms with Gasteiger partial charge in [-0.25, -0.2) is 0 Å². The van der Waals surface area contributed by atoms with Crippen LogP contribution in [0.15, 0.2) is 54.9 Å². The molecule has 0 amide bonds. The number of nitrogens with zero attached hydrogens (tertiary/aromatic N) is 2. The Hall–Kier alpha value is -2.80. The van der Waals surface area contributed by atoms with Gasteiger partial charge in [-0.2, -0.15) is 18.3 Å². The van der Waals surface area contributed by atoms with E-state index >= 15 is 0 Å². The van der Waals surface area contributed by atoms with Crippen LogP contribution in [0.2, 0.25) is 0 Å². The summed E-state index contributed by atoms with van der Waals surface area (Å²) in [6, 6.07) is 12.3. The van der Waals surface area contributed by atoms with Gasteiger partial charge in [0.05, 0.1) is 6.20 Å². The lowest BCUT2D eigenvalue weighted by molar-refractivity contribution is -0.258. The van der Waals surface area contributed by atoms with Gasteiger partial charge in [-0.3, -0.25) is 5.10 Å². The maximum atomic E-state index is 13.0. The summed E-state index contributed by atoms with van der Waals surface area (Å²) >= 11 is 0. The second-order valence-corrected chi connectivity index (χ2v) is 7.27. The number of alkyl halides is 3. The Morgan fingerprint density at radius 2 is 1.86 bits per heavy atom. The number of halogens is 3. The normalized spacial score (nSPS) is 16.1. The van der Waals surface area contributed by atoms with Gasteiger partial charge in [0.15, 0.2) is 5.60 Å². The first kappa shape index (κ1) is 18.6. The molecule has 0 spiro atoms. The van der Waals surface area contributed by atoms with Crippen molar-refractivity contribution in [1.82, 2.24) is 10.2 Å². The highest BCUT2D eigenvalue weighted by molar-refractivity contribution is 5.69. The maximum absolute atomic E-state index is 13.0. The molecule has 28 heavy (non-hydrogen) atoms. The van der Waals surface area contributed by atoms with E-state index in [0.717, 1.165) is 42.3 Å². The molecule has 4 nitrogen and oxygen atoms in total. The van der Waals surface area contributed by atoms with E-state index in [4.69, 9.17) is 0 Å². The van der Waals surface area contributed by atoms with Gasteiger partial charge < -0.3 is 10.0 Å². The van der Waals surface area contributed by atoms with Gasteiger partial charge in [-0.05, 0) is 47.7 Å². The summed E-state index contributed by atoms with van der Waals surface area (Å²) in [7, 11) is 0. The number of anilines is 1. The molecule has 1 unspecified atom stereocenters. The summed E-state index contributed by atoms with van der Waals surface area (Å²) in [5, 5.41) is 16.6. The van der Waals surface area contributed by atoms with Crippen LogP contribution < -0.4 is 4.90 Å². The largest absolute Gasteiger partial charge is 0.421 e. The number of aliphatic hydroxyl groups is 1. The van der Waals surface area contributed by atoms with Crippen molar-refractivity contribution < 1.29 is 18.3 Å². The van der Waals surface area contributed by atoms with Crippen LogP contribution in [0.1, 0.15) is 23.6 Å². The van der Waals surface area contributed by atoms with Crippen LogP contribution in [0.4, 0.5) is 18.9 Å². The van der Waals surface area contributed by atoms with Gasteiger partial charge in [0, 0.05) is 30.5 Å². The zero-order valence-corrected chi connectivity index (χ0v) is 15.3. The van der Waals surface area contributed by atoms with Crippen molar-refractivity contribution in [2.45, 2.75) is 31.7 Å². The number of aromatic amines is 1. The Labute approximate surface area is 160 Å². The maximum Gasteiger partial charge on any atom is 0.421 e. The molecule has 0 saturated carbocycles. The summed E-state index contributed by atoms with van der Waals surface area (Å²) in [6.07, 6.45) is -0.158. The third kappa shape index (κ3) is 3.26. The van der Waals surface area contributed by atoms with Crippen LogP contribution >= 0.6 is 0 Å². The smallest absolute Gasteiger partial charge is 0.376 e. The van der Waals surface area contributed by atoms with Gasteiger partial charge in [0.1, 0.15) is 0 Å². The number of hydrogen-bond donors (Lipinski definition) is 2. The Kier molecular flexibility index (Phi) is 4.42. The summed E-state index contributed by atoms with van der Waals surface area (Å²) in [6.45, 7) is 2.23. The Morgan fingerprint density at radius 1 is 1.11 bits per heavy atom. The van der Waals surface area contributed by atoms with E-state index in [2.05, 4.69) is 27.2 Å². The van der Waals surface area contributed by atoms with Crippen molar-refractivity contribution in [3.8, 4) is 11.1 Å². The van der Waals surface area contributed by atoms with E-state index in [9.17, 15) is 18.3 Å². The Morgan fingerprint density at radius 3 is 2.50 bits per heavy atom. The molecule has 0 radical (unpaired) electrons. The predicted molar refractivity (Wildman–Crippen MR) is 101 cm³/mol. The topological polar surface area (TPSA) is 52.1 Å². The number of fused-ring (bicyclic) bond motifs is 1. The van der Waals surface area contributed by atoms with Crippen molar-refractivity contribution in [2.24, 2.45) is 0 Å². The molecule has 1 aromatic heterocycles. The van der Waals surface area contributed by atoms with Crippen molar-refractivity contribution >= 4 is 5.69 Å². The highest BCUT2D eigenvalue weighted by Gasteiger charge is 2.51. The van der Waals surface area contributed by atoms with Crippen molar-refractivity contribution in [2.75, 3.05) is 11.4 Å². The summed E-state index contributed by atoms with van der Waals surface area (Å²) in [5.41, 5.74) is 2.41. The molecule has 1 aliphatic rings. The third-order valence-electron chi connectivity index (χ3n) is 5.34. The molecule has 146 valence electrons. The van der Waals surface area contributed by atoms with Gasteiger partial charge in [0.2, 0.25) is 0 Å². The van der Waals surface area contributed by atoms with Crippen LogP contribution in [-0.2, 0) is 18.6 Å². The Balaban J connectivity index is 1.51. The van der Waals surface area contributed by atoms with Crippen molar-refractivity contribution in [1.29, 1.82) is 0 Å². The fourth-order valence-corrected chi connectivity index (χ4v) is 3.54. The first-order valence-electron chi connectivity index (χ1n) is 9.01. The molecule has 3 aromatic rings. The molecular weight excluding hydrogens is 367 g/mol. The lowest BCUT2D eigenvalue weighted by Crippen LogP contribution is -2.39. The molecule has 2 N–H and O–H groups in total. The monoisotopic (exact) mass is 387 g/mol. The molecule has 7 heteroatoms. The zero-order chi connectivity index (χ0) is 19.9. The average Bonchev–Trinajstić information content (AvgIpc) is 3.31. The number of H-pyrrole nitrogens is 1. The second-order valence-electron chi connectivity index (χ2n) is 7.27. The minimum atomic E-state index is -4.71. The minimum absolute atomic E-state index is 0.157. The zero-order valence-electron chi connectivity index (χ0n) is 15.3. The quantitative estimate of drug-likeness (QED) is 0.697. The Bertz CT molecular complexity index is 964. The lowest BCUT2D eigenvalue weighted by Gasteiger charge is -2.27. The number of rotatable bonds is 4. The number of aromatic nitrogens is 2. The molecular formula is C21H20F3N3O. The highest BCUT2D eigenvalue weighted by Crippen LogP contribution is 2.39. The molecule has 2 heterocycles.